The van der Waals surface area contributed by atoms with E-state index in [1.165, 1.54) is 0 Å². The maximum absolute atomic E-state index is 12.5. The molecule has 2 fully saturated rings. The summed E-state index contributed by atoms with van der Waals surface area (Å²) < 4.78 is 37.5. The Morgan fingerprint density at radius 2 is 1.92 bits per heavy atom. The van der Waals surface area contributed by atoms with Crippen LogP contribution in [0.1, 0.15) is 28.9 Å². The standard InChI is InChI=1S/C15H17F3N4O2/c16-15(17,18)12-2-1-10(9-20-12)13(23)21-6-3-11(4-7-21)22-8-5-19-14(22)24/h1-2,9,11H,3-8H2,(H,19,24). The Morgan fingerprint density at radius 3 is 2.42 bits per heavy atom. The molecule has 2 aliphatic rings. The number of nitrogens with one attached hydrogen (secondary N) is 1. The van der Waals surface area contributed by atoms with Gasteiger partial charge in [-0.15, -0.1) is 0 Å². The van der Waals surface area contributed by atoms with Crippen LogP contribution in [0.4, 0.5) is 18.0 Å². The molecule has 6 nitrogen and oxygen atoms in total. The number of alkyl halides is 3. The normalized spacial score (nSPS) is 19.5. The quantitative estimate of drug-likeness (QED) is 0.890. The molecule has 0 spiro atoms. The van der Waals surface area contributed by atoms with E-state index in [0.29, 0.717) is 39.0 Å². The minimum Gasteiger partial charge on any atom is -0.338 e. The number of urea groups is 1. The van der Waals surface area contributed by atoms with Gasteiger partial charge in [-0.05, 0) is 25.0 Å². The van der Waals surface area contributed by atoms with E-state index in [-0.39, 0.29) is 23.5 Å². The summed E-state index contributed by atoms with van der Waals surface area (Å²) in [5.74, 6) is -0.333. The zero-order valence-corrected chi connectivity index (χ0v) is 12.8. The smallest absolute Gasteiger partial charge is 0.338 e. The van der Waals surface area contributed by atoms with Crippen molar-refractivity contribution in [2.75, 3.05) is 26.2 Å². The molecular formula is C15H17F3N4O2. The molecule has 2 aliphatic heterocycles. The molecule has 0 aromatic carbocycles. The number of rotatable bonds is 2. The third kappa shape index (κ3) is 3.29. The number of carbonyl (C=O) groups is 2. The largest absolute Gasteiger partial charge is 0.433 e. The van der Waals surface area contributed by atoms with Gasteiger partial charge in [0, 0.05) is 38.4 Å². The molecule has 3 rings (SSSR count). The Bertz CT molecular complexity index is 625. The topological polar surface area (TPSA) is 65.5 Å². The van der Waals surface area contributed by atoms with Crippen LogP contribution in [0.2, 0.25) is 0 Å². The Hall–Kier alpha value is -2.32. The van der Waals surface area contributed by atoms with E-state index in [0.717, 1.165) is 18.3 Å². The van der Waals surface area contributed by atoms with Gasteiger partial charge in [-0.25, -0.2) is 4.79 Å². The third-order valence-electron chi connectivity index (χ3n) is 4.38. The van der Waals surface area contributed by atoms with Gasteiger partial charge in [-0.2, -0.15) is 13.2 Å². The van der Waals surface area contributed by atoms with E-state index in [1.807, 2.05) is 0 Å². The second kappa shape index (κ2) is 6.29. The van der Waals surface area contributed by atoms with E-state index >= 15 is 0 Å². The number of halogens is 3. The van der Waals surface area contributed by atoms with E-state index in [4.69, 9.17) is 0 Å². The van der Waals surface area contributed by atoms with Crippen molar-refractivity contribution in [1.29, 1.82) is 0 Å². The van der Waals surface area contributed by atoms with Gasteiger partial charge < -0.3 is 15.1 Å². The van der Waals surface area contributed by atoms with Gasteiger partial charge in [-0.1, -0.05) is 0 Å². The van der Waals surface area contributed by atoms with Gasteiger partial charge in [0.2, 0.25) is 0 Å². The maximum Gasteiger partial charge on any atom is 0.433 e. The second-order valence-corrected chi connectivity index (χ2v) is 5.88. The van der Waals surface area contributed by atoms with Crippen molar-refractivity contribution in [3.63, 3.8) is 0 Å². The molecule has 1 aromatic rings. The number of amides is 3. The fourth-order valence-electron chi connectivity index (χ4n) is 3.09. The molecule has 1 N–H and O–H groups in total. The van der Waals surface area contributed by atoms with Crippen molar-refractivity contribution < 1.29 is 22.8 Å². The lowest BCUT2D eigenvalue weighted by atomic mass is 10.0. The lowest BCUT2D eigenvalue weighted by molar-refractivity contribution is -0.141. The zero-order valence-electron chi connectivity index (χ0n) is 12.8. The summed E-state index contributed by atoms with van der Waals surface area (Å²) in [4.78, 5) is 30.7. The van der Waals surface area contributed by atoms with E-state index in [2.05, 4.69) is 10.3 Å². The highest BCUT2D eigenvalue weighted by molar-refractivity contribution is 5.94. The Morgan fingerprint density at radius 1 is 1.21 bits per heavy atom. The van der Waals surface area contributed by atoms with E-state index < -0.39 is 11.9 Å². The average Bonchev–Trinajstić information content (AvgIpc) is 3.00. The first-order chi connectivity index (χ1) is 11.4. The molecule has 3 amide bonds. The molecule has 24 heavy (non-hydrogen) atoms. The van der Waals surface area contributed by atoms with Gasteiger partial charge in [0.05, 0.1) is 5.56 Å². The summed E-state index contributed by atoms with van der Waals surface area (Å²) in [5, 5.41) is 2.75. The van der Waals surface area contributed by atoms with Crippen LogP contribution < -0.4 is 5.32 Å². The fraction of sp³-hybridized carbons (Fsp3) is 0.533. The highest BCUT2D eigenvalue weighted by atomic mass is 19.4. The number of carbonyl (C=O) groups excluding carboxylic acids is 2. The molecule has 2 saturated heterocycles. The minimum atomic E-state index is -4.52. The number of piperidine rings is 1. The molecular weight excluding hydrogens is 325 g/mol. The van der Waals surface area contributed by atoms with Crippen molar-refractivity contribution in [3.8, 4) is 0 Å². The van der Waals surface area contributed by atoms with Crippen LogP contribution in [0.15, 0.2) is 18.3 Å². The predicted molar refractivity (Wildman–Crippen MR) is 78.3 cm³/mol. The number of pyridine rings is 1. The highest BCUT2D eigenvalue weighted by Crippen LogP contribution is 2.27. The van der Waals surface area contributed by atoms with Gasteiger partial charge in [0.15, 0.2) is 0 Å². The van der Waals surface area contributed by atoms with Crippen molar-refractivity contribution >= 4 is 11.9 Å². The molecule has 9 heteroatoms. The van der Waals surface area contributed by atoms with E-state index in [1.54, 1.807) is 9.80 Å². The average molecular weight is 342 g/mol. The van der Waals surface area contributed by atoms with Crippen LogP contribution in [0.3, 0.4) is 0 Å². The second-order valence-electron chi connectivity index (χ2n) is 5.88. The fourth-order valence-corrected chi connectivity index (χ4v) is 3.09. The molecule has 3 heterocycles. The summed E-state index contributed by atoms with van der Waals surface area (Å²) in [6, 6.07) is 1.99. The van der Waals surface area contributed by atoms with Crippen LogP contribution in [0.25, 0.3) is 0 Å². The lowest BCUT2D eigenvalue weighted by Crippen LogP contribution is -2.47. The van der Waals surface area contributed by atoms with Gasteiger partial charge in [-0.3, -0.25) is 9.78 Å². The zero-order chi connectivity index (χ0) is 17.3. The SMILES string of the molecule is O=C(c1ccc(C(F)(F)F)nc1)N1CCC(N2CCNC2=O)CC1. The summed E-state index contributed by atoms with van der Waals surface area (Å²) in [7, 11) is 0. The molecule has 130 valence electrons. The van der Waals surface area contributed by atoms with Crippen molar-refractivity contribution in [3.05, 3.63) is 29.6 Å². The van der Waals surface area contributed by atoms with Crippen LogP contribution in [-0.2, 0) is 6.18 Å². The molecule has 0 bridgehead atoms. The third-order valence-corrected chi connectivity index (χ3v) is 4.38. The first-order valence-electron chi connectivity index (χ1n) is 7.73. The number of hydrogen-bond acceptors (Lipinski definition) is 3. The summed E-state index contributed by atoms with van der Waals surface area (Å²) in [6.45, 7) is 2.23. The van der Waals surface area contributed by atoms with Crippen LogP contribution in [0.5, 0.6) is 0 Å². The number of likely N-dealkylation sites (tertiary alicyclic amines) is 1. The predicted octanol–water partition coefficient (Wildman–Crippen LogP) is 1.73. The Kier molecular flexibility index (Phi) is 4.33. The molecule has 0 radical (unpaired) electrons. The monoisotopic (exact) mass is 342 g/mol. The first-order valence-corrected chi connectivity index (χ1v) is 7.73. The highest BCUT2D eigenvalue weighted by Gasteiger charge is 2.34. The molecule has 0 saturated carbocycles. The van der Waals surface area contributed by atoms with Gasteiger partial charge in [0.25, 0.3) is 5.91 Å². The Labute approximate surface area is 136 Å². The van der Waals surface area contributed by atoms with Crippen molar-refractivity contribution in [2.45, 2.75) is 25.1 Å². The number of hydrogen-bond donors (Lipinski definition) is 1. The molecule has 1 aromatic heterocycles. The van der Waals surface area contributed by atoms with Crippen LogP contribution >= 0.6 is 0 Å². The first kappa shape index (κ1) is 16.5. The van der Waals surface area contributed by atoms with Gasteiger partial charge >= 0.3 is 12.2 Å². The number of nitrogens with zero attached hydrogens (tertiary/aromatic N) is 3. The summed E-state index contributed by atoms with van der Waals surface area (Å²) >= 11 is 0. The lowest BCUT2D eigenvalue weighted by Gasteiger charge is -2.36. The molecule has 0 unspecified atom stereocenters. The molecule has 0 aliphatic carbocycles. The van der Waals surface area contributed by atoms with Gasteiger partial charge in [0.1, 0.15) is 5.69 Å². The van der Waals surface area contributed by atoms with E-state index in [9.17, 15) is 22.8 Å². The minimum absolute atomic E-state index is 0.0771. The molecule has 0 atom stereocenters. The summed E-state index contributed by atoms with van der Waals surface area (Å²) in [5.41, 5.74) is -0.877. The Balaban J connectivity index is 1.60. The maximum atomic E-state index is 12.5. The van der Waals surface area contributed by atoms with Crippen LogP contribution in [-0.4, -0.2) is 58.9 Å². The van der Waals surface area contributed by atoms with Crippen molar-refractivity contribution in [1.82, 2.24) is 20.1 Å². The van der Waals surface area contributed by atoms with Crippen LogP contribution in [0, 0.1) is 0 Å². The van der Waals surface area contributed by atoms with Crippen molar-refractivity contribution in [2.24, 2.45) is 0 Å². The number of aromatic nitrogens is 1. The summed E-state index contributed by atoms with van der Waals surface area (Å²) in [6.07, 6.45) is -2.23.